The van der Waals surface area contributed by atoms with Crippen LogP contribution < -0.4 is 0 Å². The molecular weight excluding hydrogens is 260 g/mol. The summed E-state index contributed by atoms with van der Waals surface area (Å²) in [6.45, 7) is 2.22. The van der Waals surface area contributed by atoms with Crippen molar-refractivity contribution in [3.05, 3.63) is 0 Å². The highest BCUT2D eigenvalue weighted by molar-refractivity contribution is 4.88. The number of hydrogen-bond acceptors (Lipinski definition) is 8. The first-order valence-electron chi connectivity index (χ1n) is 6.15. The summed E-state index contributed by atoms with van der Waals surface area (Å²) in [4.78, 5) is 0. The molecule has 0 aromatic carbocycles. The predicted molar refractivity (Wildman–Crippen MR) is 62.2 cm³/mol. The Morgan fingerprint density at radius 1 is 1.11 bits per heavy atom. The molecule has 2 fully saturated rings. The van der Waals surface area contributed by atoms with Gasteiger partial charge in [-0.2, -0.15) is 0 Å². The number of ether oxygens (including phenoxy) is 3. The average molecular weight is 282 g/mol. The Hall–Kier alpha value is -0.320. The molecule has 0 spiro atoms. The summed E-state index contributed by atoms with van der Waals surface area (Å²) in [5, 5.41) is 45.5. The van der Waals surface area contributed by atoms with E-state index in [0.717, 1.165) is 6.61 Å². The van der Waals surface area contributed by atoms with Gasteiger partial charge >= 0.3 is 0 Å². The molecule has 2 saturated heterocycles. The van der Waals surface area contributed by atoms with Crippen LogP contribution in [0.5, 0.6) is 0 Å². The van der Waals surface area contributed by atoms with Crippen molar-refractivity contribution in [3.63, 3.8) is 0 Å². The zero-order valence-electron chi connectivity index (χ0n) is 10.8. The van der Waals surface area contributed by atoms with Crippen molar-refractivity contribution in [2.75, 3.05) is 26.4 Å². The van der Waals surface area contributed by atoms with Gasteiger partial charge in [-0.05, 0) is 6.92 Å². The van der Waals surface area contributed by atoms with E-state index in [0.29, 0.717) is 6.10 Å². The Bertz CT molecular complexity index is 245. The van der Waals surface area contributed by atoms with Crippen LogP contribution in [0.15, 0.2) is 0 Å². The summed E-state index contributed by atoms with van der Waals surface area (Å²) < 4.78 is 14.6. The van der Waals surface area contributed by atoms with Crippen LogP contribution >= 0.6 is 0 Å². The number of aliphatic hydroxyl groups is 5. The molecular formula is C11H22O8. The molecule has 19 heavy (non-hydrogen) atoms. The van der Waals surface area contributed by atoms with E-state index in [4.69, 9.17) is 24.4 Å². The molecule has 5 N–H and O–H groups in total. The molecule has 2 aliphatic heterocycles. The summed E-state index contributed by atoms with van der Waals surface area (Å²) in [5.41, 5.74) is 0. The topological polar surface area (TPSA) is 132 Å². The van der Waals surface area contributed by atoms with Gasteiger partial charge in [0.1, 0.15) is 24.4 Å². The zero-order chi connectivity index (χ0) is 14.4. The standard InChI is InChI=1S/C8H16O7.C3H6O/c9-1-2-14-8-7(13)6(12)5(11)4(3-10)15-8;1-3-2-4-3/h4-13H,1-3H2;3H,2H2,1H3/t4-,5-,6+,7-,8?;/m1./s1. The van der Waals surface area contributed by atoms with Crippen LogP contribution in [0.3, 0.4) is 0 Å². The van der Waals surface area contributed by atoms with Crippen molar-refractivity contribution in [1.82, 2.24) is 0 Å². The van der Waals surface area contributed by atoms with Crippen molar-refractivity contribution < 1.29 is 39.7 Å². The third kappa shape index (κ3) is 5.28. The molecule has 2 heterocycles. The number of rotatable bonds is 4. The fraction of sp³-hybridized carbons (Fsp3) is 1.00. The maximum Gasteiger partial charge on any atom is 0.186 e. The lowest BCUT2D eigenvalue weighted by Crippen LogP contribution is -2.59. The van der Waals surface area contributed by atoms with Gasteiger partial charge < -0.3 is 39.7 Å². The second-order valence-corrected chi connectivity index (χ2v) is 4.44. The monoisotopic (exact) mass is 282 g/mol. The molecule has 2 aliphatic rings. The highest BCUT2D eigenvalue weighted by atomic mass is 16.7. The SMILES string of the molecule is CC1CO1.OCCOC1O[C@H](CO)[C@@H](O)[C@H](O)[C@H]1O. The van der Waals surface area contributed by atoms with E-state index >= 15 is 0 Å². The van der Waals surface area contributed by atoms with Crippen LogP contribution in [0.2, 0.25) is 0 Å². The van der Waals surface area contributed by atoms with Crippen LogP contribution in [-0.2, 0) is 14.2 Å². The first-order valence-corrected chi connectivity index (χ1v) is 6.15. The Labute approximate surface area is 111 Å². The maximum atomic E-state index is 9.42. The minimum absolute atomic E-state index is 0.0668. The fourth-order valence-electron chi connectivity index (χ4n) is 1.47. The van der Waals surface area contributed by atoms with E-state index in [1.807, 2.05) is 0 Å². The van der Waals surface area contributed by atoms with Crippen molar-refractivity contribution >= 4 is 0 Å². The van der Waals surface area contributed by atoms with Crippen molar-refractivity contribution in [1.29, 1.82) is 0 Å². The molecule has 0 aromatic heterocycles. The van der Waals surface area contributed by atoms with E-state index in [2.05, 4.69) is 6.92 Å². The third-order valence-corrected chi connectivity index (χ3v) is 2.72. The quantitative estimate of drug-likeness (QED) is 0.349. The number of hydrogen-bond donors (Lipinski definition) is 5. The average Bonchev–Trinajstić information content (AvgIpc) is 3.18. The van der Waals surface area contributed by atoms with Crippen LogP contribution in [0.4, 0.5) is 0 Å². The molecule has 2 unspecified atom stereocenters. The predicted octanol–water partition coefficient (Wildman–Crippen LogP) is -2.80. The summed E-state index contributed by atoms with van der Waals surface area (Å²) in [7, 11) is 0. The van der Waals surface area contributed by atoms with Crippen molar-refractivity contribution in [2.24, 2.45) is 0 Å². The molecule has 114 valence electrons. The Morgan fingerprint density at radius 2 is 1.68 bits per heavy atom. The van der Waals surface area contributed by atoms with E-state index in [1.54, 1.807) is 0 Å². The van der Waals surface area contributed by atoms with Crippen molar-refractivity contribution in [3.8, 4) is 0 Å². The molecule has 2 rings (SSSR count). The van der Waals surface area contributed by atoms with E-state index in [9.17, 15) is 15.3 Å². The van der Waals surface area contributed by atoms with Gasteiger partial charge in [0.2, 0.25) is 0 Å². The number of epoxide rings is 1. The van der Waals surface area contributed by atoms with Crippen molar-refractivity contribution in [2.45, 2.75) is 43.7 Å². The van der Waals surface area contributed by atoms with Gasteiger partial charge in [-0.3, -0.25) is 0 Å². The van der Waals surface area contributed by atoms with Crippen LogP contribution in [0.1, 0.15) is 6.92 Å². The van der Waals surface area contributed by atoms with Crippen LogP contribution in [0.25, 0.3) is 0 Å². The lowest BCUT2D eigenvalue weighted by Gasteiger charge is -2.39. The normalized spacial score (nSPS) is 41.4. The molecule has 0 aromatic rings. The zero-order valence-corrected chi connectivity index (χ0v) is 10.8. The van der Waals surface area contributed by atoms with E-state index in [-0.39, 0.29) is 13.2 Å². The largest absolute Gasteiger partial charge is 0.394 e. The van der Waals surface area contributed by atoms with Gasteiger partial charge in [0, 0.05) is 0 Å². The summed E-state index contributed by atoms with van der Waals surface area (Å²) in [6, 6.07) is 0. The third-order valence-electron chi connectivity index (χ3n) is 2.72. The molecule has 0 amide bonds. The minimum atomic E-state index is -1.44. The molecule has 0 bridgehead atoms. The van der Waals surface area contributed by atoms with Gasteiger partial charge in [-0.25, -0.2) is 0 Å². The molecule has 8 heteroatoms. The Kier molecular flexibility index (Phi) is 7.11. The first-order chi connectivity index (χ1) is 9.01. The Balaban J connectivity index is 0.000000382. The Morgan fingerprint density at radius 3 is 2.11 bits per heavy atom. The van der Waals surface area contributed by atoms with Gasteiger partial charge in [0.15, 0.2) is 6.29 Å². The summed E-state index contributed by atoms with van der Waals surface area (Å²) >= 11 is 0. The molecule has 0 saturated carbocycles. The molecule has 0 aliphatic carbocycles. The molecule has 6 atom stereocenters. The summed E-state index contributed by atoms with van der Waals surface area (Å²) in [5.74, 6) is 0. The second-order valence-electron chi connectivity index (χ2n) is 4.44. The first kappa shape index (κ1) is 16.7. The maximum absolute atomic E-state index is 9.42. The second kappa shape index (κ2) is 8.08. The molecule has 0 radical (unpaired) electrons. The molecule has 8 nitrogen and oxygen atoms in total. The smallest absolute Gasteiger partial charge is 0.186 e. The van der Waals surface area contributed by atoms with E-state index in [1.165, 1.54) is 0 Å². The minimum Gasteiger partial charge on any atom is -0.394 e. The van der Waals surface area contributed by atoms with Crippen LogP contribution in [-0.4, -0.2) is 88.8 Å². The van der Waals surface area contributed by atoms with E-state index < -0.39 is 37.3 Å². The highest BCUT2D eigenvalue weighted by Crippen LogP contribution is 2.21. The van der Waals surface area contributed by atoms with Gasteiger partial charge in [0.25, 0.3) is 0 Å². The summed E-state index contributed by atoms with van der Waals surface area (Å²) in [6.07, 6.45) is -5.80. The number of aliphatic hydroxyl groups excluding tert-OH is 5. The van der Waals surface area contributed by atoms with Crippen LogP contribution in [0, 0.1) is 0 Å². The van der Waals surface area contributed by atoms with Gasteiger partial charge in [-0.15, -0.1) is 0 Å². The van der Waals surface area contributed by atoms with Gasteiger partial charge in [-0.1, -0.05) is 0 Å². The fourth-order valence-corrected chi connectivity index (χ4v) is 1.47. The van der Waals surface area contributed by atoms with Gasteiger partial charge in [0.05, 0.1) is 32.5 Å². The highest BCUT2D eigenvalue weighted by Gasteiger charge is 2.43. The lowest BCUT2D eigenvalue weighted by molar-refractivity contribution is -0.302. The lowest BCUT2D eigenvalue weighted by atomic mass is 9.99.